The average molecular weight is 345 g/mol. The summed E-state index contributed by atoms with van der Waals surface area (Å²) in [6.45, 7) is 8.34. The highest BCUT2D eigenvalue weighted by atomic mass is 35.5. The van der Waals surface area contributed by atoms with Crippen LogP contribution in [0.4, 0.5) is 0 Å². The fourth-order valence-corrected chi connectivity index (χ4v) is 3.86. The molecular formula is C17H29ClN2OS. The molecule has 0 saturated carbocycles. The second-order valence-electron chi connectivity index (χ2n) is 6.00. The first-order chi connectivity index (χ1) is 10.2. The van der Waals surface area contributed by atoms with Gasteiger partial charge < -0.3 is 10.2 Å². The Morgan fingerprint density at radius 3 is 2.68 bits per heavy atom. The summed E-state index contributed by atoms with van der Waals surface area (Å²) in [6, 6.07) is 4.35. The first-order valence-electron chi connectivity index (χ1n) is 8.23. The van der Waals surface area contributed by atoms with Gasteiger partial charge in [-0.05, 0) is 63.7 Å². The first kappa shape index (κ1) is 19.5. The molecule has 1 saturated heterocycles. The lowest BCUT2D eigenvalue weighted by molar-refractivity contribution is -0.132. The van der Waals surface area contributed by atoms with Crippen LogP contribution in [-0.2, 0) is 11.2 Å². The summed E-state index contributed by atoms with van der Waals surface area (Å²) in [6.07, 6.45) is 5.04. The molecule has 1 amide bonds. The molecule has 1 aromatic heterocycles. The van der Waals surface area contributed by atoms with E-state index in [2.05, 4.69) is 36.2 Å². The first-order valence-corrected chi connectivity index (χ1v) is 9.04. The summed E-state index contributed by atoms with van der Waals surface area (Å²) in [5, 5.41) is 3.41. The maximum absolute atomic E-state index is 12.2. The molecule has 2 rings (SSSR count). The van der Waals surface area contributed by atoms with Gasteiger partial charge in [0, 0.05) is 29.3 Å². The predicted molar refractivity (Wildman–Crippen MR) is 97.1 cm³/mol. The highest BCUT2D eigenvalue weighted by Crippen LogP contribution is 2.19. The molecule has 0 unspecified atom stereocenters. The number of aryl methyl sites for hydroxylation is 2. The van der Waals surface area contributed by atoms with Crippen molar-refractivity contribution in [1.29, 1.82) is 0 Å². The molecule has 5 heteroatoms. The van der Waals surface area contributed by atoms with E-state index in [0.717, 1.165) is 57.8 Å². The Morgan fingerprint density at radius 2 is 2.09 bits per heavy atom. The van der Waals surface area contributed by atoms with Crippen LogP contribution in [0, 0.1) is 12.8 Å². The van der Waals surface area contributed by atoms with Crippen molar-refractivity contribution >= 4 is 29.7 Å². The summed E-state index contributed by atoms with van der Waals surface area (Å²) in [5.41, 5.74) is 0. The van der Waals surface area contributed by atoms with Crippen molar-refractivity contribution in [2.45, 2.75) is 46.0 Å². The van der Waals surface area contributed by atoms with Gasteiger partial charge in [0.2, 0.25) is 5.91 Å². The van der Waals surface area contributed by atoms with Crippen LogP contribution in [0.1, 0.15) is 42.4 Å². The quantitative estimate of drug-likeness (QED) is 0.818. The van der Waals surface area contributed by atoms with Crippen LogP contribution in [0.3, 0.4) is 0 Å². The van der Waals surface area contributed by atoms with E-state index in [-0.39, 0.29) is 12.4 Å². The van der Waals surface area contributed by atoms with Crippen molar-refractivity contribution in [2.75, 3.05) is 26.2 Å². The number of carbonyl (C=O) groups is 1. The fourth-order valence-electron chi connectivity index (χ4n) is 2.93. The zero-order chi connectivity index (χ0) is 15.1. The summed E-state index contributed by atoms with van der Waals surface area (Å²) in [4.78, 5) is 17.1. The average Bonchev–Trinajstić information content (AvgIpc) is 2.91. The number of amides is 1. The van der Waals surface area contributed by atoms with Gasteiger partial charge in [-0.1, -0.05) is 6.92 Å². The summed E-state index contributed by atoms with van der Waals surface area (Å²) in [5.74, 6) is 1.10. The van der Waals surface area contributed by atoms with Crippen LogP contribution in [0.25, 0.3) is 0 Å². The van der Waals surface area contributed by atoms with Crippen molar-refractivity contribution in [3.8, 4) is 0 Å². The van der Waals surface area contributed by atoms with Crippen molar-refractivity contribution in [3.05, 3.63) is 21.9 Å². The number of thiophene rings is 1. The van der Waals surface area contributed by atoms with E-state index < -0.39 is 0 Å². The zero-order valence-corrected chi connectivity index (χ0v) is 15.4. The second kappa shape index (κ2) is 10.2. The molecule has 0 radical (unpaired) electrons. The van der Waals surface area contributed by atoms with E-state index >= 15 is 0 Å². The van der Waals surface area contributed by atoms with E-state index in [1.807, 2.05) is 11.3 Å². The van der Waals surface area contributed by atoms with Crippen LogP contribution < -0.4 is 5.32 Å². The molecule has 0 aliphatic carbocycles. The lowest BCUT2D eigenvalue weighted by atomic mass is 9.96. The molecule has 0 atom stereocenters. The third kappa shape index (κ3) is 6.27. The van der Waals surface area contributed by atoms with E-state index in [0.29, 0.717) is 12.3 Å². The van der Waals surface area contributed by atoms with Gasteiger partial charge in [0.25, 0.3) is 0 Å². The molecule has 1 fully saturated rings. The SMILES string of the molecule is CCNCC1CCN(C(=O)CCCc2ccc(C)s2)CC1.Cl. The number of carbonyl (C=O) groups excluding carboxylic acids is 1. The summed E-state index contributed by atoms with van der Waals surface area (Å²) in [7, 11) is 0. The maximum Gasteiger partial charge on any atom is 0.222 e. The van der Waals surface area contributed by atoms with Crippen LogP contribution >= 0.6 is 23.7 Å². The zero-order valence-electron chi connectivity index (χ0n) is 13.8. The third-order valence-corrected chi connectivity index (χ3v) is 5.32. The van der Waals surface area contributed by atoms with Crippen molar-refractivity contribution in [2.24, 2.45) is 5.92 Å². The molecule has 1 aromatic rings. The Bertz CT molecular complexity index is 442. The molecule has 1 aliphatic rings. The van der Waals surface area contributed by atoms with Gasteiger partial charge >= 0.3 is 0 Å². The predicted octanol–water partition coefficient (Wildman–Crippen LogP) is 3.65. The normalized spacial score (nSPS) is 15.6. The lowest BCUT2D eigenvalue weighted by Gasteiger charge is -2.32. The van der Waals surface area contributed by atoms with E-state index in [9.17, 15) is 4.79 Å². The number of hydrogen-bond acceptors (Lipinski definition) is 3. The fraction of sp³-hybridized carbons (Fsp3) is 0.706. The van der Waals surface area contributed by atoms with Crippen molar-refractivity contribution < 1.29 is 4.79 Å². The Hall–Kier alpha value is -0.580. The largest absolute Gasteiger partial charge is 0.343 e. The van der Waals surface area contributed by atoms with Crippen molar-refractivity contribution in [1.82, 2.24) is 10.2 Å². The Labute approximate surface area is 144 Å². The van der Waals surface area contributed by atoms with Gasteiger partial charge in [-0.2, -0.15) is 0 Å². The monoisotopic (exact) mass is 344 g/mol. The number of hydrogen-bond donors (Lipinski definition) is 1. The minimum absolute atomic E-state index is 0. The molecule has 1 N–H and O–H groups in total. The van der Waals surface area contributed by atoms with E-state index in [1.165, 1.54) is 9.75 Å². The Morgan fingerprint density at radius 1 is 1.36 bits per heavy atom. The number of halogens is 1. The molecular weight excluding hydrogens is 316 g/mol. The highest BCUT2D eigenvalue weighted by molar-refractivity contribution is 7.11. The number of nitrogens with zero attached hydrogens (tertiary/aromatic N) is 1. The second-order valence-corrected chi connectivity index (χ2v) is 7.37. The van der Waals surface area contributed by atoms with E-state index in [1.54, 1.807) is 0 Å². The summed E-state index contributed by atoms with van der Waals surface area (Å²) >= 11 is 1.85. The number of rotatable bonds is 7. The van der Waals surface area contributed by atoms with Crippen LogP contribution in [-0.4, -0.2) is 37.0 Å². The Kier molecular flexibility index (Phi) is 9.06. The molecule has 3 nitrogen and oxygen atoms in total. The molecule has 0 spiro atoms. The Balaban J connectivity index is 0.00000242. The third-order valence-electron chi connectivity index (χ3n) is 4.26. The minimum Gasteiger partial charge on any atom is -0.343 e. The van der Waals surface area contributed by atoms with Crippen LogP contribution in [0.15, 0.2) is 12.1 Å². The highest BCUT2D eigenvalue weighted by Gasteiger charge is 2.21. The topological polar surface area (TPSA) is 32.3 Å². The minimum atomic E-state index is 0. The van der Waals surface area contributed by atoms with Crippen LogP contribution in [0.5, 0.6) is 0 Å². The molecule has 0 bridgehead atoms. The van der Waals surface area contributed by atoms with Gasteiger partial charge in [-0.25, -0.2) is 0 Å². The molecule has 2 heterocycles. The summed E-state index contributed by atoms with van der Waals surface area (Å²) < 4.78 is 0. The van der Waals surface area contributed by atoms with Crippen molar-refractivity contribution in [3.63, 3.8) is 0 Å². The molecule has 1 aliphatic heterocycles. The van der Waals surface area contributed by atoms with Crippen LogP contribution in [0.2, 0.25) is 0 Å². The number of likely N-dealkylation sites (tertiary alicyclic amines) is 1. The molecule has 22 heavy (non-hydrogen) atoms. The van der Waals surface area contributed by atoms with Gasteiger partial charge in [0.05, 0.1) is 0 Å². The molecule has 126 valence electrons. The van der Waals surface area contributed by atoms with Gasteiger partial charge in [-0.3, -0.25) is 4.79 Å². The number of nitrogens with one attached hydrogen (secondary N) is 1. The van der Waals surface area contributed by atoms with E-state index in [4.69, 9.17) is 0 Å². The lowest BCUT2D eigenvalue weighted by Crippen LogP contribution is -2.40. The molecule has 0 aromatic carbocycles. The standard InChI is InChI=1S/C17H28N2OS.ClH/c1-3-18-13-15-9-11-19(12-10-15)17(20)6-4-5-16-8-7-14(2)21-16;/h7-8,15,18H,3-6,9-13H2,1-2H3;1H. The number of piperidine rings is 1. The van der Waals surface area contributed by atoms with Gasteiger partial charge in [-0.15, -0.1) is 23.7 Å². The smallest absolute Gasteiger partial charge is 0.222 e. The van der Waals surface area contributed by atoms with Gasteiger partial charge in [0.1, 0.15) is 0 Å². The van der Waals surface area contributed by atoms with Gasteiger partial charge in [0.15, 0.2) is 0 Å². The maximum atomic E-state index is 12.2.